The zero-order valence-corrected chi connectivity index (χ0v) is 18.9. The zero-order valence-electron chi connectivity index (χ0n) is 18.9. The number of piperidine rings is 1. The minimum absolute atomic E-state index is 0.0594. The molecule has 0 bridgehead atoms. The van der Waals surface area contributed by atoms with E-state index in [2.05, 4.69) is 51.5 Å². The van der Waals surface area contributed by atoms with Gasteiger partial charge in [-0.1, -0.05) is 36.4 Å². The van der Waals surface area contributed by atoms with Gasteiger partial charge >= 0.3 is 0 Å². The van der Waals surface area contributed by atoms with Gasteiger partial charge < -0.3 is 10.2 Å². The van der Waals surface area contributed by atoms with Crippen molar-refractivity contribution in [3.05, 3.63) is 78.2 Å². The number of carbonyl (C=O) groups excluding carboxylic acids is 1. The molecule has 1 aliphatic rings. The molecule has 6 heteroatoms. The maximum absolute atomic E-state index is 12.5. The molecular weight excluding hydrogens is 398 g/mol. The summed E-state index contributed by atoms with van der Waals surface area (Å²) in [5, 5.41) is 7.61. The van der Waals surface area contributed by atoms with Crippen molar-refractivity contribution in [2.24, 2.45) is 0 Å². The van der Waals surface area contributed by atoms with Gasteiger partial charge in [0.05, 0.1) is 12.2 Å². The average molecular weight is 432 g/mol. The van der Waals surface area contributed by atoms with Crippen molar-refractivity contribution >= 4 is 11.7 Å². The minimum Gasteiger partial charge on any atom is -0.311 e. The van der Waals surface area contributed by atoms with Crippen LogP contribution in [0.2, 0.25) is 0 Å². The fourth-order valence-corrected chi connectivity index (χ4v) is 4.53. The normalized spacial score (nSPS) is 16.0. The number of benzene rings is 1. The van der Waals surface area contributed by atoms with E-state index >= 15 is 0 Å². The molecule has 0 saturated carbocycles. The van der Waals surface area contributed by atoms with Gasteiger partial charge in [-0.2, -0.15) is 5.10 Å². The third-order valence-corrected chi connectivity index (χ3v) is 6.35. The number of aromatic nitrogens is 3. The number of hydrogen-bond acceptors (Lipinski definition) is 4. The van der Waals surface area contributed by atoms with Crippen LogP contribution in [0.5, 0.6) is 0 Å². The van der Waals surface area contributed by atoms with Gasteiger partial charge in [-0.25, -0.2) is 4.68 Å². The zero-order chi connectivity index (χ0) is 22.2. The van der Waals surface area contributed by atoms with Crippen LogP contribution in [-0.2, 0) is 17.6 Å². The standard InChI is InChI=1S/C26H33N5O/c1-21(20-23-11-5-6-16-27-23)30-18-14-24(15-19-30)31-25(13-17-28-31)29-26(32)12-7-10-22-8-3-2-4-9-22/h2-6,8-9,11,13,16-17,21,24H,7,10,12,14-15,18-20H2,1H3,(H,29,32)/t21-/m0/s1. The molecule has 3 heterocycles. The maximum Gasteiger partial charge on any atom is 0.225 e. The summed E-state index contributed by atoms with van der Waals surface area (Å²) in [7, 11) is 0. The van der Waals surface area contributed by atoms with Gasteiger partial charge in [-0.3, -0.25) is 9.78 Å². The van der Waals surface area contributed by atoms with Gasteiger partial charge in [0.2, 0.25) is 5.91 Å². The first-order valence-corrected chi connectivity index (χ1v) is 11.7. The lowest BCUT2D eigenvalue weighted by atomic mass is 10.0. The summed E-state index contributed by atoms with van der Waals surface area (Å²) in [5.41, 5.74) is 2.42. The van der Waals surface area contributed by atoms with Crippen LogP contribution in [0, 0.1) is 0 Å². The number of anilines is 1. The summed E-state index contributed by atoms with van der Waals surface area (Å²) in [6, 6.07) is 19.1. The van der Waals surface area contributed by atoms with Crippen LogP contribution in [0.25, 0.3) is 0 Å². The molecule has 1 aromatic carbocycles. The van der Waals surface area contributed by atoms with E-state index in [-0.39, 0.29) is 5.91 Å². The third-order valence-electron chi connectivity index (χ3n) is 6.35. The van der Waals surface area contributed by atoms with Crippen molar-refractivity contribution in [2.75, 3.05) is 18.4 Å². The molecule has 6 nitrogen and oxygen atoms in total. The van der Waals surface area contributed by atoms with E-state index in [0.717, 1.165) is 56.7 Å². The number of rotatable bonds is 9. The molecule has 1 fully saturated rings. The van der Waals surface area contributed by atoms with Crippen molar-refractivity contribution in [3.8, 4) is 0 Å². The Balaban J connectivity index is 1.24. The number of likely N-dealkylation sites (tertiary alicyclic amines) is 1. The van der Waals surface area contributed by atoms with Crippen molar-refractivity contribution in [2.45, 2.75) is 57.5 Å². The van der Waals surface area contributed by atoms with Crippen molar-refractivity contribution < 1.29 is 4.79 Å². The number of hydrogen-bond donors (Lipinski definition) is 1. The van der Waals surface area contributed by atoms with Crippen LogP contribution >= 0.6 is 0 Å². The highest BCUT2D eigenvalue weighted by molar-refractivity contribution is 5.89. The lowest BCUT2D eigenvalue weighted by Gasteiger charge is -2.36. The van der Waals surface area contributed by atoms with Crippen LogP contribution in [0.1, 0.15) is 49.9 Å². The number of amides is 1. The molecule has 168 valence electrons. The highest BCUT2D eigenvalue weighted by Crippen LogP contribution is 2.27. The molecule has 0 spiro atoms. The quantitative estimate of drug-likeness (QED) is 0.542. The lowest BCUT2D eigenvalue weighted by molar-refractivity contribution is -0.116. The van der Waals surface area contributed by atoms with E-state index in [1.807, 2.05) is 41.2 Å². The Labute approximate surface area is 190 Å². The smallest absolute Gasteiger partial charge is 0.225 e. The van der Waals surface area contributed by atoms with E-state index in [1.54, 1.807) is 6.20 Å². The first-order chi connectivity index (χ1) is 15.7. The highest BCUT2D eigenvalue weighted by atomic mass is 16.1. The molecule has 1 N–H and O–H groups in total. The van der Waals surface area contributed by atoms with E-state index < -0.39 is 0 Å². The number of nitrogens with zero attached hydrogens (tertiary/aromatic N) is 4. The molecule has 32 heavy (non-hydrogen) atoms. The van der Waals surface area contributed by atoms with Gasteiger partial charge in [-0.05, 0) is 50.3 Å². The summed E-state index contributed by atoms with van der Waals surface area (Å²) in [6.07, 6.45) is 8.97. The topological polar surface area (TPSA) is 63.1 Å². The molecule has 4 rings (SSSR count). The Hall–Kier alpha value is -2.99. The fourth-order valence-electron chi connectivity index (χ4n) is 4.53. The van der Waals surface area contributed by atoms with E-state index in [1.165, 1.54) is 5.56 Å². The Bertz CT molecular complexity index is 964. The van der Waals surface area contributed by atoms with Crippen LogP contribution in [0.15, 0.2) is 67.0 Å². The predicted molar refractivity (Wildman–Crippen MR) is 127 cm³/mol. The second-order valence-electron chi connectivity index (χ2n) is 8.69. The SMILES string of the molecule is C[C@@H](Cc1ccccn1)N1CCC(n2nccc2NC(=O)CCCc2ccccc2)CC1. The van der Waals surface area contributed by atoms with Crippen LogP contribution in [-0.4, -0.2) is 44.7 Å². The molecule has 1 aliphatic heterocycles. The molecule has 1 atom stereocenters. The number of pyridine rings is 1. The number of carbonyl (C=O) groups is 1. The summed E-state index contributed by atoms with van der Waals surface area (Å²) >= 11 is 0. The number of nitrogens with one attached hydrogen (secondary N) is 1. The van der Waals surface area contributed by atoms with Gasteiger partial charge in [0.15, 0.2) is 0 Å². The highest BCUT2D eigenvalue weighted by Gasteiger charge is 2.26. The molecule has 1 saturated heterocycles. The second kappa shape index (κ2) is 11.0. The van der Waals surface area contributed by atoms with Crippen LogP contribution in [0.4, 0.5) is 5.82 Å². The van der Waals surface area contributed by atoms with Gasteiger partial charge in [0.1, 0.15) is 5.82 Å². The Kier molecular flexibility index (Phi) is 7.67. The molecule has 1 amide bonds. The summed E-state index contributed by atoms with van der Waals surface area (Å²) in [5.74, 6) is 0.874. The molecule has 0 unspecified atom stereocenters. The van der Waals surface area contributed by atoms with Gasteiger partial charge in [0, 0.05) is 49.9 Å². The van der Waals surface area contributed by atoms with Crippen molar-refractivity contribution in [1.82, 2.24) is 19.7 Å². The summed E-state index contributed by atoms with van der Waals surface area (Å²) < 4.78 is 2.01. The van der Waals surface area contributed by atoms with Crippen molar-refractivity contribution in [3.63, 3.8) is 0 Å². The molecular formula is C26H33N5O. The fraction of sp³-hybridized carbons (Fsp3) is 0.423. The molecule has 0 aliphatic carbocycles. The second-order valence-corrected chi connectivity index (χ2v) is 8.69. The minimum atomic E-state index is 0.0594. The first kappa shape index (κ1) is 22.2. The Morgan fingerprint density at radius 3 is 2.59 bits per heavy atom. The van der Waals surface area contributed by atoms with Crippen molar-refractivity contribution in [1.29, 1.82) is 0 Å². The Morgan fingerprint density at radius 2 is 1.84 bits per heavy atom. The van der Waals surface area contributed by atoms with E-state index in [9.17, 15) is 4.79 Å². The first-order valence-electron chi connectivity index (χ1n) is 11.7. The van der Waals surface area contributed by atoms with Gasteiger partial charge in [0.25, 0.3) is 0 Å². The van der Waals surface area contributed by atoms with E-state index in [4.69, 9.17) is 0 Å². The predicted octanol–water partition coefficient (Wildman–Crippen LogP) is 4.51. The molecule has 3 aromatic rings. The number of aryl methyl sites for hydroxylation is 1. The summed E-state index contributed by atoms with van der Waals surface area (Å²) in [6.45, 7) is 4.34. The molecule has 2 aromatic heterocycles. The summed E-state index contributed by atoms with van der Waals surface area (Å²) in [4.78, 5) is 19.5. The largest absolute Gasteiger partial charge is 0.311 e. The lowest BCUT2D eigenvalue weighted by Crippen LogP contribution is -2.41. The third kappa shape index (κ3) is 6.04. The average Bonchev–Trinajstić information content (AvgIpc) is 3.28. The maximum atomic E-state index is 12.5. The van der Waals surface area contributed by atoms with Gasteiger partial charge in [-0.15, -0.1) is 0 Å². The van der Waals surface area contributed by atoms with E-state index in [0.29, 0.717) is 18.5 Å². The van der Waals surface area contributed by atoms with Crippen LogP contribution in [0.3, 0.4) is 0 Å². The molecule has 0 radical (unpaired) electrons. The monoisotopic (exact) mass is 431 g/mol. The Morgan fingerprint density at radius 1 is 1.06 bits per heavy atom. The van der Waals surface area contributed by atoms with Crippen LogP contribution < -0.4 is 5.32 Å².